The summed E-state index contributed by atoms with van der Waals surface area (Å²) in [6.07, 6.45) is 1.71. The van der Waals surface area contributed by atoms with Gasteiger partial charge in [0.05, 0.1) is 5.69 Å². The van der Waals surface area contributed by atoms with E-state index >= 15 is 0 Å². The average Bonchev–Trinajstić information content (AvgIpc) is 2.51. The van der Waals surface area contributed by atoms with Crippen molar-refractivity contribution in [2.24, 2.45) is 0 Å². The summed E-state index contributed by atoms with van der Waals surface area (Å²) in [6, 6.07) is 6.14. The van der Waals surface area contributed by atoms with E-state index in [1.54, 1.807) is 11.0 Å². The second kappa shape index (κ2) is 3.53. The van der Waals surface area contributed by atoms with Crippen LogP contribution in [0.25, 0.3) is 5.69 Å². The molecule has 0 unspecified atom stereocenters. The maximum absolute atomic E-state index is 4.25. The highest BCUT2D eigenvalue weighted by Gasteiger charge is 2.03. The van der Waals surface area contributed by atoms with Crippen LogP contribution in [0.1, 0.15) is 11.4 Å². The van der Waals surface area contributed by atoms with Crippen molar-refractivity contribution >= 4 is 15.9 Å². The molecular weight excluding hydrogens is 242 g/mol. The van der Waals surface area contributed by atoms with E-state index in [0.717, 1.165) is 16.0 Å². The fourth-order valence-corrected chi connectivity index (χ4v) is 1.93. The lowest BCUT2D eigenvalue weighted by Gasteiger charge is -2.03. The summed E-state index contributed by atoms with van der Waals surface area (Å²) in [5.74, 6) is 0.775. The minimum Gasteiger partial charge on any atom is -0.220 e. The second-order valence-corrected chi connectivity index (χ2v) is 4.05. The van der Waals surface area contributed by atoms with Gasteiger partial charge in [-0.15, -0.1) is 0 Å². The Kier molecular flexibility index (Phi) is 2.37. The Labute approximate surface area is 90.9 Å². The summed E-state index contributed by atoms with van der Waals surface area (Å²) >= 11 is 3.50. The molecule has 4 heteroatoms. The summed E-state index contributed by atoms with van der Waals surface area (Å²) in [5.41, 5.74) is 2.23. The fourth-order valence-electron chi connectivity index (χ4n) is 1.26. The molecule has 0 saturated carbocycles. The Morgan fingerprint density at radius 3 is 2.64 bits per heavy atom. The first-order chi connectivity index (χ1) is 6.66. The lowest BCUT2D eigenvalue weighted by atomic mass is 10.2. The van der Waals surface area contributed by atoms with Gasteiger partial charge in [-0.1, -0.05) is 6.07 Å². The number of aromatic nitrogens is 3. The molecule has 3 nitrogen and oxygen atoms in total. The molecule has 0 fully saturated rings. The molecule has 1 aromatic heterocycles. The number of halogens is 1. The van der Waals surface area contributed by atoms with E-state index in [1.807, 2.05) is 13.0 Å². The van der Waals surface area contributed by atoms with E-state index in [9.17, 15) is 0 Å². The standard InChI is InChI=1S/C10H10BrN3/c1-7-3-4-10(9(11)5-7)14-6-12-8(2)13-14/h3-6H,1-2H3. The van der Waals surface area contributed by atoms with E-state index in [4.69, 9.17) is 0 Å². The van der Waals surface area contributed by atoms with Crippen molar-refractivity contribution in [1.29, 1.82) is 0 Å². The zero-order chi connectivity index (χ0) is 10.1. The van der Waals surface area contributed by atoms with Crippen molar-refractivity contribution in [3.05, 3.63) is 40.4 Å². The molecule has 2 aromatic rings. The van der Waals surface area contributed by atoms with E-state index < -0.39 is 0 Å². The summed E-state index contributed by atoms with van der Waals surface area (Å²) < 4.78 is 2.79. The predicted molar refractivity (Wildman–Crippen MR) is 58.5 cm³/mol. The van der Waals surface area contributed by atoms with Crippen LogP contribution in [0.2, 0.25) is 0 Å². The first-order valence-electron chi connectivity index (χ1n) is 4.31. The number of aryl methyl sites for hydroxylation is 2. The third-order valence-corrected chi connectivity index (χ3v) is 2.59. The highest BCUT2D eigenvalue weighted by atomic mass is 79.9. The Bertz CT molecular complexity index is 462. The molecule has 14 heavy (non-hydrogen) atoms. The predicted octanol–water partition coefficient (Wildman–Crippen LogP) is 2.65. The zero-order valence-corrected chi connectivity index (χ0v) is 9.62. The molecule has 2 rings (SSSR count). The lowest BCUT2D eigenvalue weighted by molar-refractivity contribution is 0.858. The SMILES string of the molecule is Cc1ccc(-n2cnc(C)n2)c(Br)c1. The van der Waals surface area contributed by atoms with E-state index in [0.29, 0.717) is 0 Å². The van der Waals surface area contributed by atoms with Gasteiger partial charge in [0.2, 0.25) is 0 Å². The largest absolute Gasteiger partial charge is 0.220 e. The Morgan fingerprint density at radius 1 is 1.29 bits per heavy atom. The summed E-state index contributed by atoms with van der Waals surface area (Å²) in [7, 11) is 0. The van der Waals surface area contributed by atoms with Gasteiger partial charge in [-0.3, -0.25) is 0 Å². The minimum absolute atomic E-state index is 0.775. The van der Waals surface area contributed by atoms with Gasteiger partial charge in [0.1, 0.15) is 12.2 Å². The highest BCUT2D eigenvalue weighted by molar-refractivity contribution is 9.10. The van der Waals surface area contributed by atoms with Gasteiger partial charge in [0.15, 0.2) is 0 Å². The average molecular weight is 252 g/mol. The number of rotatable bonds is 1. The second-order valence-electron chi connectivity index (χ2n) is 3.19. The van der Waals surface area contributed by atoms with Gasteiger partial charge in [-0.2, -0.15) is 5.10 Å². The monoisotopic (exact) mass is 251 g/mol. The fraction of sp³-hybridized carbons (Fsp3) is 0.200. The van der Waals surface area contributed by atoms with Crippen molar-refractivity contribution in [1.82, 2.24) is 14.8 Å². The molecule has 0 aliphatic heterocycles. The van der Waals surface area contributed by atoms with E-state index in [1.165, 1.54) is 5.56 Å². The highest BCUT2D eigenvalue weighted by Crippen LogP contribution is 2.21. The van der Waals surface area contributed by atoms with Crippen LogP contribution >= 0.6 is 15.9 Å². The number of benzene rings is 1. The topological polar surface area (TPSA) is 30.7 Å². The van der Waals surface area contributed by atoms with Crippen LogP contribution in [-0.4, -0.2) is 14.8 Å². The Morgan fingerprint density at radius 2 is 2.07 bits per heavy atom. The van der Waals surface area contributed by atoms with Crippen LogP contribution in [-0.2, 0) is 0 Å². The number of hydrogen-bond donors (Lipinski definition) is 0. The molecule has 0 atom stereocenters. The number of hydrogen-bond acceptors (Lipinski definition) is 2. The normalized spacial score (nSPS) is 10.5. The smallest absolute Gasteiger partial charge is 0.147 e. The molecule has 0 bridgehead atoms. The molecule has 0 radical (unpaired) electrons. The maximum atomic E-state index is 4.25. The molecule has 1 aromatic carbocycles. The summed E-state index contributed by atoms with van der Waals surface area (Å²) in [6.45, 7) is 3.93. The van der Waals surface area contributed by atoms with Crippen molar-refractivity contribution in [3.8, 4) is 5.69 Å². The molecular formula is C10H10BrN3. The first-order valence-corrected chi connectivity index (χ1v) is 5.11. The van der Waals surface area contributed by atoms with Crippen molar-refractivity contribution in [2.45, 2.75) is 13.8 Å². The maximum Gasteiger partial charge on any atom is 0.147 e. The van der Waals surface area contributed by atoms with Gasteiger partial charge >= 0.3 is 0 Å². The molecule has 0 aliphatic rings. The van der Waals surface area contributed by atoms with Crippen LogP contribution in [0.4, 0.5) is 0 Å². The third kappa shape index (κ3) is 1.70. The summed E-state index contributed by atoms with van der Waals surface area (Å²) in [5, 5.41) is 4.25. The van der Waals surface area contributed by atoms with Crippen LogP contribution in [0.3, 0.4) is 0 Å². The van der Waals surface area contributed by atoms with E-state index in [2.05, 4.69) is 45.1 Å². The molecule has 1 heterocycles. The van der Waals surface area contributed by atoms with Gasteiger partial charge in [-0.25, -0.2) is 9.67 Å². The van der Waals surface area contributed by atoms with Crippen LogP contribution in [0.15, 0.2) is 29.0 Å². The van der Waals surface area contributed by atoms with E-state index in [-0.39, 0.29) is 0 Å². The third-order valence-electron chi connectivity index (χ3n) is 1.96. The molecule has 0 spiro atoms. The molecule has 0 aliphatic carbocycles. The Balaban J connectivity index is 2.52. The van der Waals surface area contributed by atoms with Gasteiger partial charge < -0.3 is 0 Å². The van der Waals surface area contributed by atoms with Crippen molar-refractivity contribution in [2.75, 3.05) is 0 Å². The molecule has 0 N–H and O–H groups in total. The van der Waals surface area contributed by atoms with Crippen molar-refractivity contribution < 1.29 is 0 Å². The lowest BCUT2D eigenvalue weighted by Crippen LogP contribution is -1.96. The van der Waals surface area contributed by atoms with Crippen molar-refractivity contribution in [3.63, 3.8) is 0 Å². The van der Waals surface area contributed by atoms with Crippen LogP contribution in [0.5, 0.6) is 0 Å². The van der Waals surface area contributed by atoms with Gasteiger partial charge in [0, 0.05) is 4.47 Å². The van der Waals surface area contributed by atoms with Crippen LogP contribution < -0.4 is 0 Å². The quantitative estimate of drug-likeness (QED) is 0.781. The van der Waals surface area contributed by atoms with Crippen LogP contribution in [0, 0.1) is 13.8 Å². The minimum atomic E-state index is 0.775. The van der Waals surface area contributed by atoms with Gasteiger partial charge in [-0.05, 0) is 47.5 Å². The summed E-state index contributed by atoms with van der Waals surface area (Å²) in [4.78, 5) is 4.09. The molecule has 0 amide bonds. The Hall–Kier alpha value is -1.16. The van der Waals surface area contributed by atoms with Gasteiger partial charge in [0.25, 0.3) is 0 Å². The molecule has 0 saturated heterocycles. The first kappa shape index (κ1) is 9.40. The zero-order valence-electron chi connectivity index (χ0n) is 8.03. The number of nitrogens with zero attached hydrogens (tertiary/aromatic N) is 3. The molecule has 72 valence electrons.